The summed E-state index contributed by atoms with van der Waals surface area (Å²) in [4.78, 5) is 4.31. The first kappa shape index (κ1) is 13.3. The Hall–Kier alpha value is -1.13. The van der Waals surface area contributed by atoms with E-state index in [1.54, 1.807) is 6.20 Å². The van der Waals surface area contributed by atoms with Gasteiger partial charge in [0.2, 0.25) is 0 Å². The van der Waals surface area contributed by atoms with E-state index in [1.165, 1.54) is 0 Å². The fourth-order valence-electron chi connectivity index (χ4n) is 1.95. The number of benzene rings is 1. The molecule has 0 fully saturated rings. The number of aryl methyl sites for hydroxylation is 1. The van der Waals surface area contributed by atoms with E-state index < -0.39 is 6.10 Å². The smallest absolute Gasteiger partial charge is 0.111 e. The molecule has 0 aliphatic rings. The lowest BCUT2D eigenvalue weighted by Gasteiger charge is -2.12. The zero-order valence-electron chi connectivity index (χ0n) is 10.4. The van der Waals surface area contributed by atoms with Gasteiger partial charge in [-0.2, -0.15) is 0 Å². The van der Waals surface area contributed by atoms with Crippen molar-refractivity contribution in [2.24, 2.45) is 0 Å². The highest BCUT2D eigenvalue weighted by molar-refractivity contribution is 9.10. The molecule has 96 valence electrons. The highest BCUT2D eigenvalue weighted by Crippen LogP contribution is 2.20. The van der Waals surface area contributed by atoms with Gasteiger partial charge in [0, 0.05) is 29.8 Å². The third kappa shape index (κ3) is 3.21. The van der Waals surface area contributed by atoms with Crippen molar-refractivity contribution in [3.63, 3.8) is 0 Å². The second kappa shape index (κ2) is 6.16. The van der Waals surface area contributed by atoms with Gasteiger partial charge < -0.3 is 9.67 Å². The summed E-state index contributed by atoms with van der Waals surface area (Å²) < 4.78 is 3.12. The van der Waals surface area contributed by atoms with Crippen LogP contribution < -0.4 is 0 Å². The maximum atomic E-state index is 10.2. The van der Waals surface area contributed by atoms with Crippen molar-refractivity contribution in [2.45, 2.75) is 32.4 Å². The Morgan fingerprint density at radius 2 is 2.06 bits per heavy atom. The molecule has 0 spiro atoms. The predicted molar refractivity (Wildman–Crippen MR) is 75.3 cm³/mol. The van der Waals surface area contributed by atoms with Crippen molar-refractivity contribution in [1.29, 1.82) is 0 Å². The van der Waals surface area contributed by atoms with Gasteiger partial charge in [-0.1, -0.05) is 35.0 Å². The lowest BCUT2D eigenvalue weighted by molar-refractivity contribution is 0.174. The minimum atomic E-state index is -0.504. The zero-order chi connectivity index (χ0) is 13.0. The van der Waals surface area contributed by atoms with E-state index in [0.29, 0.717) is 6.42 Å². The molecule has 0 saturated carbocycles. The van der Waals surface area contributed by atoms with Crippen LogP contribution >= 0.6 is 15.9 Å². The molecule has 0 aliphatic heterocycles. The highest BCUT2D eigenvalue weighted by Gasteiger charge is 2.12. The van der Waals surface area contributed by atoms with Crippen LogP contribution in [0.5, 0.6) is 0 Å². The van der Waals surface area contributed by atoms with Crippen LogP contribution in [0.4, 0.5) is 0 Å². The van der Waals surface area contributed by atoms with Gasteiger partial charge in [0.1, 0.15) is 5.82 Å². The fraction of sp³-hybridized carbons (Fsp3) is 0.357. The lowest BCUT2D eigenvalue weighted by Crippen LogP contribution is -2.08. The molecule has 0 saturated heterocycles. The average molecular weight is 309 g/mol. The van der Waals surface area contributed by atoms with Crippen LogP contribution in [0.2, 0.25) is 0 Å². The summed E-state index contributed by atoms with van der Waals surface area (Å²) in [6.45, 7) is 3.08. The molecular weight excluding hydrogens is 292 g/mol. The molecule has 0 bridgehead atoms. The molecule has 4 heteroatoms. The minimum absolute atomic E-state index is 0.504. The summed E-state index contributed by atoms with van der Waals surface area (Å²) in [5, 5.41) is 10.2. The van der Waals surface area contributed by atoms with E-state index in [4.69, 9.17) is 0 Å². The SMILES string of the molecule is CCCn1ccnc1CC(O)c1ccc(Br)cc1. The molecule has 0 aliphatic carbocycles. The Morgan fingerprint density at radius 1 is 1.33 bits per heavy atom. The Morgan fingerprint density at radius 3 is 2.72 bits per heavy atom. The number of aliphatic hydroxyl groups is 1. The van der Waals surface area contributed by atoms with Gasteiger partial charge >= 0.3 is 0 Å². The van der Waals surface area contributed by atoms with Crippen molar-refractivity contribution in [3.05, 3.63) is 52.5 Å². The second-order valence-corrected chi connectivity index (χ2v) is 5.22. The van der Waals surface area contributed by atoms with Crippen LogP contribution in [0, 0.1) is 0 Å². The number of rotatable bonds is 5. The Labute approximate surface area is 116 Å². The fourth-order valence-corrected chi connectivity index (χ4v) is 2.21. The maximum absolute atomic E-state index is 10.2. The first-order valence-electron chi connectivity index (χ1n) is 6.14. The van der Waals surface area contributed by atoms with Crippen LogP contribution in [-0.4, -0.2) is 14.7 Å². The summed E-state index contributed by atoms with van der Waals surface area (Å²) in [7, 11) is 0. The molecule has 1 heterocycles. The topological polar surface area (TPSA) is 38.0 Å². The van der Waals surface area contributed by atoms with Gasteiger partial charge in [0.25, 0.3) is 0 Å². The molecule has 0 radical (unpaired) electrons. The summed E-state index contributed by atoms with van der Waals surface area (Å²) in [6.07, 6.45) is 4.87. The van der Waals surface area contributed by atoms with Gasteiger partial charge in [0.15, 0.2) is 0 Å². The van der Waals surface area contributed by atoms with Crippen molar-refractivity contribution in [2.75, 3.05) is 0 Å². The Kier molecular flexibility index (Phi) is 4.55. The van der Waals surface area contributed by atoms with Crippen molar-refractivity contribution >= 4 is 15.9 Å². The number of aliphatic hydroxyl groups excluding tert-OH is 1. The second-order valence-electron chi connectivity index (χ2n) is 4.31. The summed E-state index contributed by atoms with van der Waals surface area (Å²) >= 11 is 3.39. The number of imidazole rings is 1. The van der Waals surface area contributed by atoms with E-state index in [0.717, 1.165) is 28.8 Å². The summed E-state index contributed by atoms with van der Waals surface area (Å²) in [5.74, 6) is 0.937. The quantitative estimate of drug-likeness (QED) is 0.920. The lowest BCUT2D eigenvalue weighted by atomic mass is 10.1. The van der Waals surface area contributed by atoms with Gasteiger partial charge in [-0.25, -0.2) is 4.98 Å². The van der Waals surface area contributed by atoms with Crippen molar-refractivity contribution < 1.29 is 5.11 Å². The summed E-state index contributed by atoms with van der Waals surface area (Å²) in [5.41, 5.74) is 0.921. The van der Waals surface area contributed by atoms with Gasteiger partial charge in [-0.15, -0.1) is 0 Å². The molecule has 1 unspecified atom stereocenters. The minimum Gasteiger partial charge on any atom is -0.388 e. The number of hydrogen-bond acceptors (Lipinski definition) is 2. The molecule has 1 atom stereocenters. The van der Waals surface area contributed by atoms with Crippen molar-refractivity contribution in [1.82, 2.24) is 9.55 Å². The molecule has 1 aromatic carbocycles. The Balaban J connectivity index is 2.08. The molecule has 1 N–H and O–H groups in total. The van der Waals surface area contributed by atoms with Crippen LogP contribution in [0.3, 0.4) is 0 Å². The normalized spacial score (nSPS) is 12.6. The average Bonchev–Trinajstić information content (AvgIpc) is 2.78. The summed E-state index contributed by atoms with van der Waals surface area (Å²) in [6, 6.07) is 7.75. The number of aromatic nitrogens is 2. The van der Waals surface area contributed by atoms with E-state index in [-0.39, 0.29) is 0 Å². The zero-order valence-corrected chi connectivity index (χ0v) is 12.0. The third-order valence-corrected chi connectivity index (χ3v) is 3.43. The molecule has 1 aromatic heterocycles. The molecule has 18 heavy (non-hydrogen) atoms. The maximum Gasteiger partial charge on any atom is 0.111 e. The van der Waals surface area contributed by atoms with E-state index in [2.05, 4.69) is 32.4 Å². The largest absolute Gasteiger partial charge is 0.388 e. The molecule has 2 aromatic rings. The molecule has 2 rings (SSSR count). The van der Waals surface area contributed by atoms with Gasteiger partial charge in [-0.05, 0) is 24.1 Å². The van der Waals surface area contributed by atoms with E-state index in [1.807, 2.05) is 30.5 Å². The van der Waals surface area contributed by atoms with E-state index in [9.17, 15) is 5.11 Å². The van der Waals surface area contributed by atoms with E-state index >= 15 is 0 Å². The first-order chi connectivity index (χ1) is 8.70. The third-order valence-electron chi connectivity index (χ3n) is 2.90. The van der Waals surface area contributed by atoms with Gasteiger partial charge in [-0.3, -0.25) is 0 Å². The predicted octanol–water partition coefficient (Wildman–Crippen LogP) is 3.33. The monoisotopic (exact) mass is 308 g/mol. The first-order valence-corrected chi connectivity index (χ1v) is 6.93. The van der Waals surface area contributed by atoms with Crippen LogP contribution in [0.1, 0.15) is 30.8 Å². The molecular formula is C14H17BrN2O. The standard InChI is InChI=1S/C14H17BrN2O/c1-2-8-17-9-7-16-14(17)10-13(18)11-3-5-12(15)6-4-11/h3-7,9,13,18H,2,8,10H2,1H3. The number of hydrogen-bond donors (Lipinski definition) is 1. The number of nitrogens with zero attached hydrogens (tertiary/aromatic N) is 2. The molecule has 3 nitrogen and oxygen atoms in total. The number of halogens is 1. The van der Waals surface area contributed by atoms with Crippen molar-refractivity contribution in [3.8, 4) is 0 Å². The van der Waals surface area contributed by atoms with Crippen LogP contribution in [0.15, 0.2) is 41.1 Å². The molecule has 0 amide bonds. The van der Waals surface area contributed by atoms with Crippen LogP contribution in [0.25, 0.3) is 0 Å². The van der Waals surface area contributed by atoms with Crippen LogP contribution in [-0.2, 0) is 13.0 Å². The Bertz CT molecular complexity index is 493. The van der Waals surface area contributed by atoms with Gasteiger partial charge in [0.05, 0.1) is 6.10 Å². The highest BCUT2D eigenvalue weighted by atomic mass is 79.9.